The summed E-state index contributed by atoms with van der Waals surface area (Å²) >= 11 is 0. The number of hydrogen-bond donors (Lipinski definition) is 5. The Hall–Kier alpha value is -2.72. The molecular weight excluding hydrogens is 337 g/mol. The summed E-state index contributed by atoms with van der Waals surface area (Å²) in [5.41, 5.74) is 10.3. The molecule has 0 aromatic carbocycles. The van der Waals surface area contributed by atoms with Gasteiger partial charge < -0.3 is 21.7 Å². The molecule has 25 heavy (non-hydrogen) atoms. The van der Waals surface area contributed by atoms with Crippen LogP contribution < -0.4 is 16.5 Å². The smallest absolute Gasteiger partial charge is 0.384 e. The van der Waals surface area contributed by atoms with E-state index in [1.165, 1.54) is 11.7 Å². The highest BCUT2D eigenvalue weighted by Gasteiger charge is 2.25. The van der Waals surface area contributed by atoms with Crippen LogP contribution in [0.3, 0.4) is 0 Å². The average Bonchev–Trinajstić information content (AvgIpc) is 2.54. The van der Waals surface area contributed by atoms with Crippen LogP contribution in [-0.4, -0.2) is 34.1 Å². The highest BCUT2D eigenvalue weighted by Crippen LogP contribution is 2.20. The van der Waals surface area contributed by atoms with E-state index in [0.717, 1.165) is 17.1 Å². The Morgan fingerprint density at radius 1 is 1.36 bits per heavy atom. The topological polar surface area (TPSA) is 120 Å². The van der Waals surface area contributed by atoms with Gasteiger partial charge in [-0.05, 0) is 25.1 Å². The lowest BCUT2D eigenvalue weighted by atomic mass is 10.2. The zero-order valence-electron chi connectivity index (χ0n) is 13.4. The third kappa shape index (κ3) is 8.08. The van der Waals surface area contributed by atoms with Crippen molar-refractivity contribution in [3.63, 3.8) is 0 Å². The highest BCUT2D eigenvalue weighted by atomic mass is 19.4. The normalized spacial score (nSPS) is 10.6. The first-order valence-electron chi connectivity index (χ1n) is 7.14. The van der Waals surface area contributed by atoms with Gasteiger partial charge in [0.2, 0.25) is 0 Å². The van der Waals surface area contributed by atoms with Crippen molar-refractivity contribution in [3.05, 3.63) is 41.9 Å². The van der Waals surface area contributed by atoms with E-state index in [2.05, 4.69) is 15.3 Å². The van der Waals surface area contributed by atoms with Crippen molar-refractivity contribution in [2.75, 3.05) is 17.6 Å². The van der Waals surface area contributed by atoms with Gasteiger partial charge in [-0.25, -0.2) is 10.5 Å². The molecule has 0 bridgehead atoms. The zero-order valence-corrected chi connectivity index (χ0v) is 13.4. The van der Waals surface area contributed by atoms with E-state index in [0.29, 0.717) is 11.4 Å². The second-order valence-electron chi connectivity index (χ2n) is 4.92. The summed E-state index contributed by atoms with van der Waals surface area (Å²) in [4.78, 5) is 8.12. The van der Waals surface area contributed by atoms with Crippen molar-refractivity contribution < 1.29 is 21.2 Å². The summed E-state index contributed by atoms with van der Waals surface area (Å²) in [7, 11) is 0. The Morgan fingerprint density at radius 2 is 2.08 bits per heavy atom. The third-order valence-corrected chi connectivity index (χ3v) is 2.81. The number of pyridine rings is 2. The third-order valence-electron chi connectivity index (χ3n) is 2.81. The molecule has 0 aliphatic rings. The molecule has 0 radical (unpaired) electrons. The molecule has 0 saturated carbocycles. The highest BCUT2D eigenvalue weighted by molar-refractivity contribution is 5.88. The van der Waals surface area contributed by atoms with Gasteiger partial charge in [-0.15, -0.1) is 0 Å². The van der Waals surface area contributed by atoms with Crippen molar-refractivity contribution in [1.82, 2.24) is 15.4 Å². The van der Waals surface area contributed by atoms with Crippen LogP contribution in [0.15, 0.2) is 30.6 Å². The Kier molecular flexibility index (Phi) is 7.76. The van der Waals surface area contributed by atoms with E-state index in [-0.39, 0.29) is 2.85 Å². The van der Waals surface area contributed by atoms with E-state index < -0.39 is 19.1 Å². The molecule has 2 rings (SSSR count). The van der Waals surface area contributed by atoms with Gasteiger partial charge in [0.25, 0.3) is 0 Å². The Balaban J connectivity index is 0. The van der Waals surface area contributed by atoms with Crippen LogP contribution in [0.1, 0.15) is 20.5 Å². The lowest BCUT2D eigenvalue weighted by Crippen LogP contribution is -2.18. The van der Waals surface area contributed by atoms with Gasteiger partial charge in [0.1, 0.15) is 5.82 Å². The van der Waals surface area contributed by atoms with Crippen molar-refractivity contribution in [3.8, 4) is 0 Å². The Bertz CT molecular complexity index is 703. The summed E-state index contributed by atoms with van der Waals surface area (Å²) < 4.78 is 33.3. The molecule has 2 heterocycles. The first kappa shape index (κ1) is 20.3. The number of rotatable bonds is 5. The summed E-state index contributed by atoms with van der Waals surface area (Å²) in [6.45, 7) is 1.48. The zero-order chi connectivity index (χ0) is 18.9. The molecule has 140 valence electrons. The van der Waals surface area contributed by atoms with Crippen LogP contribution in [0.2, 0.25) is 0 Å². The fraction of sp³-hybridized carbons (Fsp3) is 0.267. The van der Waals surface area contributed by atoms with Crippen molar-refractivity contribution >= 4 is 23.4 Å². The first-order valence-corrected chi connectivity index (χ1v) is 7.14. The summed E-state index contributed by atoms with van der Waals surface area (Å²) in [5.74, 6) is 0.403. The summed E-state index contributed by atoms with van der Waals surface area (Å²) in [5, 5.41) is 18.2. The van der Waals surface area contributed by atoms with E-state index >= 15 is 0 Å². The average molecular weight is 360 g/mol. The number of aryl methyl sites for hydroxylation is 1. The Labute approximate surface area is 145 Å². The SMILES string of the molecule is Cc1cc(Nc2cnc(N)cc2C=N)ccn1.ONCCC(F)(F)F.[HH].[HH]. The van der Waals surface area contributed by atoms with Crippen molar-refractivity contribution in [2.24, 2.45) is 0 Å². The maximum Gasteiger partial charge on any atom is 0.390 e. The summed E-state index contributed by atoms with van der Waals surface area (Å²) in [6.07, 6.45) is -0.578. The monoisotopic (exact) mass is 360 g/mol. The molecule has 2 aromatic heterocycles. The van der Waals surface area contributed by atoms with Gasteiger partial charge in [-0.3, -0.25) is 4.98 Å². The van der Waals surface area contributed by atoms with Crippen LogP contribution in [0, 0.1) is 12.3 Å². The Morgan fingerprint density at radius 3 is 2.60 bits per heavy atom. The van der Waals surface area contributed by atoms with Crippen LogP contribution in [0.25, 0.3) is 0 Å². The molecule has 6 N–H and O–H groups in total. The largest absolute Gasteiger partial charge is 0.390 e. The molecule has 0 fully saturated rings. The second-order valence-corrected chi connectivity index (χ2v) is 4.92. The number of anilines is 3. The molecule has 0 spiro atoms. The number of nitrogen functional groups attached to an aromatic ring is 1. The van der Waals surface area contributed by atoms with Gasteiger partial charge in [-0.2, -0.15) is 13.2 Å². The molecule has 0 aliphatic carbocycles. The quantitative estimate of drug-likeness (QED) is 0.411. The fourth-order valence-electron chi connectivity index (χ4n) is 1.69. The number of hydroxylamine groups is 1. The van der Waals surface area contributed by atoms with E-state index in [1.807, 2.05) is 19.1 Å². The molecule has 0 amide bonds. The molecule has 0 saturated heterocycles. The van der Waals surface area contributed by atoms with Crippen LogP contribution in [0.4, 0.5) is 30.4 Å². The predicted octanol–water partition coefficient (Wildman–Crippen LogP) is 3.52. The number of nitrogens with zero attached hydrogens (tertiary/aromatic N) is 2. The molecule has 10 heteroatoms. The van der Waals surface area contributed by atoms with E-state index in [1.54, 1.807) is 18.5 Å². The van der Waals surface area contributed by atoms with Crippen molar-refractivity contribution in [1.29, 1.82) is 5.41 Å². The van der Waals surface area contributed by atoms with Gasteiger partial charge in [0, 0.05) is 38.8 Å². The minimum atomic E-state index is -4.17. The molecule has 2 aromatic rings. The number of aromatic nitrogens is 2. The number of alkyl halides is 3. The van der Waals surface area contributed by atoms with Crippen LogP contribution >= 0.6 is 0 Å². The van der Waals surface area contributed by atoms with Crippen LogP contribution in [-0.2, 0) is 0 Å². The summed E-state index contributed by atoms with van der Waals surface area (Å²) in [6, 6.07) is 5.44. The molecule has 0 unspecified atom stereocenters. The predicted molar refractivity (Wildman–Crippen MR) is 93.5 cm³/mol. The minimum Gasteiger partial charge on any atom is -0.384 e. The number of nitrogens with two attached hydrogens (primary N) is 1. The first-order chi connectivity index (χ1) is 11.7. The molecule has 0 aliphatic heterocycles. The minimum absolute atomic E-state index is 0. The second kappa shape index (κ2) is 9.55. The van der Waals surface area contributed by atoms with Gasteiger partial charge >= 0.3 is 6.18 Å². The van der Waals surface area contributed by atoms with Crippen molar-refractivity contribution in [2.45, 2.75) is 19.5 Å². The molecular formula is C15H23F3N6O. The van der Waals surface area contributed by atoms with Gasteiger partial charge in [0.05, 0.1) is 18.3 Å². The number of nitrogens with one attached hydrogen (secondary N) is 3. The lowest BCUT2D eigenvalue weighted by Gasteiger charge is -2.09. The molecule has 0 atom stereocenters. The number of hydrogen-bond acceptors (Lipinski definition) is 7. The van der Waals surface area contributed by atoms with E-state index in [4.69, 9.17) is 16.4 Å². The number of halogens is 3. The fourth-order valence-corrected chi connectivity index (χ4v) is 1.69. The standard InChI is InChI=1S/C12H13N5.C3H6F3NO.2H2/c1-8-4-10(2-3-15-8)17-11-7-16-12(14)5-9(11)6-13;4-3(5,6)1-2-7-8;;/h2-7,13H,1H3,(H2,14,16)(H,15,17);7-8H,1-2H2;2*1H. The maximum absolute atomic E-state index is 11.1. The van der Waals surface area contributed by atoms with Gasteiger partial charge in [-0.1, -0.05) is 0 Å². The maximum atomic E-state index is 11.1. The lowest BCUT2D eigenvalue weighted by molar-refractivity contribution is -0.136. The van der Waals surface area contributed by atoms with Gasteiger partial charge in [0.15, 0.2) is 0 Å². The van der Waals surface area contributed by atoms with E-state index in [9.17, 15) is 13.2 Å². The van der Waals surface area contributed by atoms with Crippen LogP contribution in [0.5, 0.6) is 0 Å². The molecule has 7 nitrogen and oxygen atoms in total.